The first-order valence-electron chi connectivity index (χ1n) is 28.9. The van der Waals surface area contributed by atoms with Crippen LogP contribution in [0.2, 0.25) is 0 Å². The molecule has 0 unspecified atom stereocenters. The van der Waals surface area contributed by atoms with Gasteiger partial charge in [-0.15, -0.1) is 0 Å². The van der Waals surface area contributed by atoms with Gasteiger partial charge in [-0.3, -0.25) is 0 Å². The van der Waals surface area contributed by atoms with Gasteiger partial charge in [0.2, 0.25) is 0 Å². The van der Waals surface area contributed by atoms with E-state index < -0.39 is 0 Å². The molecule has 0 spiro atoms. The lowest BCUT2D eigenvalue weighted by atomic mass is 9.83. The van der Waals surface area contributed by atoms with Crippen molar-refractivity contribution in [2.24, 2.45) is 0 Å². The Hall–Kier alpha value is -11.1. The van der Waals surface area contributed by atoms with Crippen LogP contribution in [0.25, 0.3) is 186 Å². The molecule has 18 aromatic rings. The van der Waals surface area contributed by atoms with Crippen LogP contribution in [0.3, 0.4) is 0 Å². The molecule has 0 atom stereocenters. The Morgan fingerprint density at radius 3 is 1.17 bits per heavy atom. The maximum atomic E-state index is 6.96. The Kier molecular flexibility index (Phi) is 10.1. The topological polar surface area (TPSA) is 26.3 Å². The van der Waals surface area contributed by atoms with Crippen LogP contribution in [-0.2, 0) is 0 Å². The van der Waals surface area contributed by atoms with E-state index in [9.17, 15) is 0 Å². The summed E-state index contributed by atoms with van der Waals surface area (Å²) >= 11 is 0. The quantitative estimate of drug-likeness (QED) is 0.155. The minimum Gasteiger partial charge on any atom is -0.456 e. The van der Waals surface area contributed by atoms with Crippen molar-refractivity contribution in [2.75, 3.05) is 0 Å². The molecule has 2 nitrogen and oxygen atoms in total. The summed E-state index contributed by atoms with van der Waals surface area (Å²) < 4.78 is 13.7. The van der Waals surface area contributed by atoms with Crippen molar-refractivity contribution in [3.05, 3.63) is 291 Å². The third-order valence-corrected chi connectivity index (χ3v) is 17.9. The number of fused-ring (bicyclic) bond motifs is 13. The highest BCUT2D eigenvalue weighted by Crippen LogP contribution is 2.51. The van der Waals surface area contributed by atoms with Crippen LogP contribution in [0, 0.1) is 0 Å². The fourth-order valence-corrected chi connectivity index (χ4v) is 14.2. The molecule has 0 fully saturated rings. The molecule has 2 aromatic heterocycles. The fraction of sp³-hybridized carbons (Fsp3) is 0. The molecule has 388 valence electrons. The number of hydrogen-bond donors (Lipinski definition) is 0. The van der Waals surface area contributed by atoms with Crippen molar-refractivity contribution in [3.63, 3.8) is 0 Å². The molecule has 84 heavy (non-hydrogen) atoms. The summed E-state index contributed by atoms with van der Waals surface area (Å²) in [4.78, 5) is 0. The van der Waals surface area contributed by atoms with Crippen molar-refractivity contribution in [1.82, 2.24) is 0 Å². The van der Waals surface area contributed by atoms with Gasteiger partial charge in [0.25, 0.3) is 0 Å². The normalized spacial score (nSPS) is 12.0. The monoisotopic (exact) mass is 1060 g/mol. The van der Waals surface area contributed by atoms with Crippen molar-refractivity contribution in [1.29, 1.82) is 0 Å². The van der Waals surface area contributed by atoms with Gasteiger partial charge in [0.05, 0.1) is 0 Å². The van der Waals surface area contributed by atoms with E-state index in [1.807, 2.05) is 0 Å². The largest absolute Gasteiger partial charge is 0.456 e. The second-order valence-corrected chi connectivity index (χ2v) is 22.6. The number of rotatable bonds is 6. The zero-order valence-electron chi connectivity index (χ0n) is 45.5. The second kappa shape index (κ2) is 18.2. The van der Waals surface area contributed by atoms with Crippen LogP contribution in [0.5, 0.6) is 0 Å². The third-order valence-electron chi connectivity index (χ3n) is 17.9. The van der Waals surface area contributed by atoms with E-state index in [-0.39, 0.29) is 0 Å². The van der Waals surface area contributed by atoms with Crippen LogP contribution < -0.4 is 0 Å². The van der Waals surface area contributed by atoms with E-state index in [1.165, 1.54) is 104 Å². The van der Waals surface area contributed by atoms with Gasteiger partial charge in [0, 0.05) is 21.5 Å². The van der Waals surface area contributed by atoms with E-state index >= 15 is 0 Å². The zero-order valence-corrected chi connectivity index (χ0v) is 45.5. The highest BCUT2D eigenvalue weighted by molar-refractivity contribution is 6.29. The molecule has 0 aliphatic rings. The standard InChI is InChI=1S/C82H48O2/c1-2-17-49(18-3-1)52-23-14-24-58(41-52)77-61-25-8-11-28-64(61)79(65-29-12-9-26-62(65)77)68-31-15-33-73-81(68)72-46-57-37-36-55(43-60(57)48-76(72)84-73)56-39-40-67-70(44-56)80(66-30-13-10-27-63(66)78(67)59-38-35-50-19-4-5-20-51(50)42-59)69-32-16-34-74-82(69)71-45-53-21-6-7-22-54(53)47-75(71)83-74/h1-48H. The lowest BCUT2D eigenvalue weighted by Crippen LogP contribution is -1.92. The van der Waals surface area contributed by atoms with Gasteiger partial charge in [0.1, 0.15) is 22.3 Å². The van der Waals surface area contributed by atoms with E-state index in [4.69, 9.17) is 8.83 Å². The second-order valence-electron chi connectivity index (χ2n) is 22.6. The van der Waals surface area contributed by atoms with Crippen LogP contribution in [0.15, 0.2) is 300 Å². The van der Waals surface area contributed by atoms with Crippen LogP contribution in [0.1, 0.15) is 0 Å². The average molecular weight is 1070 g/mol. The molecule has 2 heteroatoms. The first kappa shape index (κ1) is 46.7. The minimum absolute atomic E-state index is 0.866. The fourth-order valence-electron chi connectivity index (χ4n) is 14.2. The Morgan fingerprint density at radius 2 is 0.548 bits per heavy atom. The summed E-state index contributed by atoms with van der Waals surface area (Å²) in [6.07, 6.45) is 0. The zero-order chi connectivity index (χ0) is 55.0. The molecule has 0 aliphatic heterocycles. The van der Waals surface area contributed by atoms with Crippen molar-refractivity contribution in [3.8, 4) is 66.8 Å². The summed E-state index contributed by atoms with van der Waals surface area (Å²) in [5.74, 6) is 0. The summed E-state index contributed by atoms with van der Waals surface area (Å²) in [5, 5.41) is 21.2. The molecule has 16 aromatic carbocycles. The van der Waals surface area contributed by atoms with Crippen molar-refractivity contribution in [2.45, 2.75) is 0 Å². The molecule has 0 bridgehead atoms. The highest BCUT2D eigenvalue weighted by atomic mass is 16.3. The van der Waals surface area contributed by atoms with E-state index in [2.05, 4.69) is 291 Å². The van der Waals surface area contributed by atoms with Gasteiger partial charge in [-0.1, -0.05) is 231 Å². The van der Waals surface area contributed by atoms with Crippen molar-refractivity contribution >= 4 is 119 Å². The molecular weight excluding hydrogens is 1020 g/mol. The van der Waals surface area contributed by atoms with Gasteiger partial charge in [-0.25, -0.2) is 0 Å². The predicted octanol–water partition coefficient (Wildman–Crippen LogP) is 23.6. The highest BCUT2D eigenvalue weighted by Gasteiger charge is 2.24. The van der Waals surface area contributed by atoms with Gasteiger partial charge < -0.3 is 8.83 Å². The molecule has 0 aliphatic carbocycles. The molecule has 0 radical (unpaired) electrons. The molecule has 0 amide bonds. The summed E-state index contributed by atoms with van der Waals surface area (Å²) in [6, 6.07) is 107. The number of furan rings is 2. The summed E-state index contributed by atoms with van der Waals surface area (Å²) in [7, 11) is 0. The molecule has 2 heterocycles. The molecule has 18 rings (SSSR count). The van der Waals surface area contributed by atoms with E-state index in [0.717, 1.165) is 82.3 Å². The first-order chi connectivity index (χ1) is 41.6. The maximum absolute atomic E-state index is 6.96. The minimum atomic E-state index is 0.866. The summed E-state index contributed by atoms with van der Waals surface area (Å²) in [6.45, 7) is 0. The lowest BCUT2D eigenvalue weighted by Gasteiger charge is -2.19. The van der Waals surface area contributed by atoms with Gasteiger partial charge >= 0.3 is 0 Å². The number of hydrogen-bond acceptors (Lipinski definition) is 2. The summed E-state index contributed by atoms with van der Waals surface area (Å²) in [5.41, 5.74) is 17.8. The van der Waals surface area contributed by atoms with Crippen LogP contribution >= 0.6 is 0 Å². The maximum Gasteiger partial charge on any atom is 0.136 e. The van der Waals surface area contributed by atoms with Crippen LogP contribution in [0.4, 0.5) is 0 Å². The number of benzene rings is 16. The Labute approximate surface area is 483 Å². The molecule has 0 N–H and O–H groups in total. The Bertz CT molecular complexity index is 5740. The van der Waals surface area contributed by atoms with Gasteiger partial charge in [-0.2, -0.15) is 0 Å². The van der Waals surface area contributed by atoms with Crippen molar-refractivity contribution < 1.29 is 8.83 Å². The molecular formula is C82H48O2. The lowest BCUT2D eigenvalue weighted by molar-refractivity contribution is 0.669. The Morgan fingerprint density at radius 1 is 0.167 bits per heavy atom. The first-order valence-corrected chi connectivity index (χ1v) is 28.9. The van der Waals surface area contributed by atoms with E-state index in [0.29, 0.717) is 0 Å². The SMILES string of the molecule is c1ccc(-c2cccc(-c3c4ccccc4c(-c4cccc5oc6cc7cc(-c8ccc9c(-c%10ccc%11ccccc%11c%10)c%10ccccc%10c(-c%10cccc%11oc%12cc%13ccccc%13cc%12c%10%11)c9c8)ccc7cc6c45)c4ccccc34)c2)cc1. The van der Waals surface area contributed by atoms with Crippen LogP contribution in [-0.4, -0.2) is 0 Å². The van der Waals surface area contributed by atoms with Gasteiger partial charge in [-0.05, 0) is 203 Å². The third kappa shape index (κ3) is 7.11. The smallest absolute Gasteiger partial charge is 0.136 e. The average Bonchev–Trinajstić information content (AvgIpc) is 1.81. The molecule has 0 saturated heterocycles. The Balaban J connectivity index is 0.827. The van der Waals surface area contributed by atoms with Gasteiger partial charge in [0.15, 0.2) is 0 Å². The molecule has 0 saturated carbocycles. The predicted molar refractivity (Wildman–Crippen MR) is 356 cm³/mol. The van der Waals surface area contributed by atoms with E-state index in [1.54, 1.807) is 0 Å².